The van der Waals surface area contributed by atoms with Crippen molar-refractivity contribution in [3.8, 4) is 5.75 Å². The maximum absolute atomic E-state index is 12.0. The van der Waals surface area contributed by atoms with Crippen molar-refractivity contribution >= 4 is 27.7 Å². The summed E-state index contributed by atoms with van der Waals surface area (Å²) < 4.78 is 2.14. The Morgan fingerprint density at radius 3 is 2.48 bits per heavy atom. The number of amides is 1. The van der Waals surface area contributed by atoms with Crippen LogP contribution in [0.4, 0.5) is 0 Å². The molecule has 4 nitrogen and oxygen atoms in total. The first-order chi connectivity index (χ1) is 12.1. The van der Waals surface area contributed by atoms with Crippen molar-refractivity contribution in [2.24, 2.45) is 5.73 Å². The summed E-state index contributed by atoms with van der Waals surface area (Å²) in [6.45, 7) is 2.65. The molecule has 25 heavy (non-hydrogen) atoms. The molecule has 1 heterocycles. The third-order valence-corrected chi connectivity index (χ3v) is 4.66. The number of hydrogen-bond donors (Lipinski definition) is 2. The number of phenols is 1. The van der Waals surface area contributed by atoms with E-state index in [4.69, 9.17) is 5.73 Å². The van der Waals surface area contributed by atoms with E-state index in [1.165, 1.54) is 0 Å². The number of fused-ring (bicyclic) bond motifs is 3. The first-order valence-corrected chi connectivity index (χ1v) is 8.15. The normalized spacial score (nSPS) is 11.2. The molecule has 0 aliphatic rings. The van der Waals surface area contributed by atoms with Crippen molar-refractivity contribution < 1.29 is 9.90 Å². The van der Waals surface area contributed by atoms with E-state index in [-0.39, 0.29) is 5.75 Å². The van der Waals surface area contributed by atoms with Crippen LogP contribution >= 0.6 is 0 Å². The summed E-state index contributed by atoms with van der Waals surface area (Å²) in [5.41, 5.74) is 10.0. The van der Waals surface area contributed by atoms with Gasteiger partial charge in [0.25, 0.3) is 0 Å². The number of primary amides is 1. The second-order valence-electron chi connectivity index (χ2n) is 6.26. The van der Waals surface area contributed by atoms with E-state index in [9.17, 15) is 9.90 Å². The number of hydrogen-bond acceptors (Lipinski definition) is 2. The summed E-state index contributed by atoms with van der Waals surface area (Å²) in [7, 11) is 0. The van der Waals surface area contributed by atoms with E-state index in [0.29, 0.717) is 22.9 Å². The van der Waals surface area contributed by atoms with Gasteiger partial charge in [0, 0.05) is 17.5 Å². The van der Waals surface area contributed by atoms with Crippen molar-refractivity contribution in [2.75, 3.05) is 0 Å². The summed E-state index contributed by atoms with van der Waals surface area (Å²) in [5.74, 6) is -0.337. The molecular weight excluding hydrogens is 312 g/mol. The zero-order valence-corrected chi connectivity index (χ0v) is 13.9. The molecule has 1 amide bonds. The Kier molecular flexibility index (Phi) is 3.46. The molecule has 1 aromatic heterocycles. The lowest BCUT2D eigenvalue weighted by Gasteiger charge is -2.10. The lowest BCUT2D eigenvalue weighted by Crippen LogP contribution is -2.11. The van der Waals surface area contributed by atoms with Gasteiger partial charge in [-0.2, -0.15) is 0 Å². The van der Waals surface area contributed by atoms with Gasteiger partial charge in [0.1, 0.15) is 5.75 Å². The highest BCUT2D eigenvalue weighted by Crippen LogP contribution is 2.39. The molecule has 0 aliphatic carbocycles. The summed E-state index contributed by atoms with van der Waals surface area (Å²) in [6.07, 6.45) is 0. The highest BCUT2D eigenvalue weighted by Gasteiger charge is 2.20. The second kappa shape index (κ2) is 5.67. The van der Waals surface area contributed by atoms with E-state index in [2.05, 4.69) is 16.7 Å². The Morgan fingerprint density at radius 2 is 1.76 bits per heavy atom. The van der Waals surface area contributed by atoms with Crippen molar-refractivity contribution in [3.63, 3.8) is 0 Å². The maximum atomic E-state index is 12.0. The average Bonchev–Trinajstić information content (AvgIpc) is 2.95. The van der Waals surface area contributed by atoms with E-state index in [0.717, 1.165) is 22.2 Å². The molecule has 0 saturated heterocycles. The Morgan fingerprint density at radius 1 is 1.00 bits per heavy atom. The van der Waals surface area contributed by atoms with Crippen LogP contribution in [0.5, 0.6) is 5.75 Å². The number of aryl methyl sites for hydroxylation is 1. The number of aromatic nitrogens is 1. The van der Waals surface area contributed by atoms with Gasteiger partial charge in [-0.1, -0.05) is 42.5 Å². The highest BCUT2D eigenvalue weighted by atomic mass is 16.3. The van der Waals surface area contributed by atoms with Gasteiger partial charge in [0.2, 0.25) is 5.91 Å². The zero-order chi connectivity index (χ0) is 17.6. The van der Waals surface area contributed by atoms with Crippen LogP contribution in [0.2, 0.25) is 0 Å². The molecule has 0 fully saturated rings. The molecular formula is C21H18N2O2. The Balaban J connectivity index is 2.15. The third-order valence-electron chi connectivity index (χ3n) is 4.66. The maximum Gasteiger partial charge on any atom is 0.249 e. The predicted molar refractivity (Wildman–Crippen MR) is 99.9 cm³/mol. The van der Waals surface area contributed by atoms with Gasteiger partial charge in [-0.25, -0.2) is 0 Å². The van der Waals surface area contributed by atoms with Gasteiger partial charge in [-0.05, 0) is 36.2 Å². The number of nitrogens with two attached hydrogens (primary N) is 1. The number of carbonyl (C=O) groups is 1. The summed E-state index contributed by atoms with van der Waals surface area (Å²) >= 11 is 0. The molecule has 0 unspecified atom stereocenters. The average molecular weight is 330 g/mol. The zero-order valence-electron chi connectivity index (χ0n) is 13.9. The lowest BCUT2D eigenvalue weighted by atomic mass is 10.0. The molecule has 124 valence electrons. The quantitative estimate of drug-likeness (QED) is 0.597. The number of rotatable bonds is 3. The van der Waals surface area contributed by atoms with E-state index in [1.807, 2.05) is 43.3 Å². The number of benzene rings is 3. The fraction of sp³-hybridized carbons (Fsp3) is 0.0952. The first kappa shape index (κ1) is 15.3. The van der Waals surface area contributed by atoms with Crippen LogP contribution in [0.15, 0.2) is 60.7 Å². The van der Waals surface area contributed by atoms with Crippen LogP contribution in [0, 0.1) is 6.92 Å². The molecule has 4 rings (SSSR count). The fourth-order valence-corrected chi connectivity index (χ4v) is 3.56. The van der Waals surface area contributed by atoms with Crippen molar-refractivity contribution in [1.82, 2.24) is 4.57 Å². The monoisotopic (exact) mass is 330 g/mol. The Bertz CT molecular complexity index is 1110. The summed E-state index contributed by atoms with van der Waals surface area (Å²) in [6, 6.07) is 19.2. The van der Waals surface area contributed by atoms with Crippen LogP contribution < -0.4 is 5.73 Å². The van der Waals surface area contributed by atoms with E-state index < -0.39 is 5.91 Å². The van der Waals surface area contributed by atoms with Crippen LogP contribution in [-0.4, -0.2) is 15.6 Å². The molecule has 0 spiro atoms. The molecule has 4 heteroatoms. The molecule has 3 aromatic carbocycles. The van der Waals surface area contributed by atoms with Crippen LogP contribution in [-0.2, 0) is 6.54 Å². The van der Waals surface area contributed by atoms with Crippen molar-refractivity contribution in [2.45, 2.75) is 13.5 Å². The summed E-state index contributed by atoms with van der Waals surface area (Å²) in [4.78, 5) is 12.0. The summed E-state index contributed by atoms with van der Waals surface area (Å²) in [5, 5.41) is 11.9. The van der Waals surface area contributed by atoms with E-state index in [1.54, 1.807) is 12.1 Å². The standard InChI is InChI=1S/C21H18N2O2/c1-13-10-11-17(24)19-18-15(21(22)25)8-5-9-16(18)23(20(13)19)12-14-6-3-2-4-7-14/h2-11,24H,12H2,1H3,(H2,22,25). The SMILES string of the molecule is Cc1ccc(O)c2c3c(C(N)=O)cccc3n(Cc3ccccc3)c12. The number of aromatic hydroxyl groups is 1. The van der Waals surface area contributed by atoms with Gasteiger partial charge in [0.15, 0.2) is 0 Å². The number of carbonyl (C=O) groups excluding carboxylic acids is 1. The topological polar surface area (TPSA) is 68.2 Å². The molecule has 0 aliphatic heterocycles. The lowest BCUT2D eigenvalue weighted by molar-refractivity contribution is 0.100. The largest absolute Gasteiger partial charge is 0.507 e. The van der Waals surface area contributed by atoms with Gasteiger partial charge in [-0.15, -0.1) is 0 Å². The van der Waals surface area contributed by atoms with Crippen molar-refractivity contribution in [3.05, 3.63) is 77.4 Å². The minimum absolute atomic E-state index is 0.158. The number of phenolic OH excluding ortho intramolecular Hbond substituents is 1. The Labute approximate surface area is 145 Å². The molecule has 4 aromatic rings. The smallest absolute Gasteiger partial charge is 0.249 e. The van der Waals surface area contributed by atoms with Gasteiger partial charge >= 0.3 is 0 Å². The minimum atomic E-state index is -0.495. The molecule has 0 bridgehead atoms. The second-order valence-corrected chi connectivity index (χ2v) is 6.26. The number of nitrogens with zero attached hydrogens (tertiary/aromatic N) is 1. The van der Waals surface area contributed by atoms with Gasteiger partial charge < -0.3 is 15.4 Å². The molecule has 0 atom stereocenters. The Hall–Kier alpha value is -3.27. The van der Waals surface area contributed by atoms with Crippen LogP contribution in [0.3, 0.4) is 0 Å². The fourth-order valence-electron chi connectivity index (χ4n) is 3.56. The predicted octanol–water partition coefficient (Wildman–Crippen LogP) is 3.96. The minimum Gasteiger partial charge on any atom is -0.507 e. The highest BCUT2D eigenvalue weighted by molar-refractivity contribution is 6.20. The first-order valence-electron chi connectivity index (χ1n) is 8.15. The van der Waals surface area contributed by atoms with Gasteiger partial charge in [-0.3, -0.25) is 4.79 Å². The molecule has 3 N–H and O–H groups in total. The van der Waals surface area contributed by atoms with Crippen LogP contribution in [0.25, 0.3) is 21.8 Å². The molecule has 0 radical (unpaired) electrons. The van der Waals surface area contributed by atoms with Gasteiger partial charge in [0.05, 0.1) is 16.4 Å². The third kappa shape index (κ3) is 2.34. The van der Waals surface area contributed by atoms with E-state index >= 15 is 0 Å². The van der Waals surface area contributed by atoms with Crippen molar-refractivity contribution in [1.29, 1.82) is 0 Å². The molecule has 0 saturated carbocycles. The van der Waals surface area contributed by atoms with Crippen LogP contribution in [0.1, 0.15) is 21.5 Å².